The molecule has 2 N–H and O–H groups in total. The van der Waals surface area contributed by atoms with Gasteiger partial charge in [0.15, 0.2) is 11.9 Å². The number of rotatable bonds is 2. The molecular formula is C13H8Br2F2O3. The minimum atomic E-state index is -3.52. The third-order valence-corrected chi connectivity index (χ3v) is 4.04. The van der Waals surface area contributed by atoms with E-state index >= 15 is 0 Å². The van der Waals surface area contributed by atoms with Gasteiger partial charge in [0, 0.05) is 15.6 Å². The van der Waals surface area contributed by atoms with E-state index in [0.29, 0.717) is 6.08 Å². The van der Waals surface area contributed by atoms with Gasteiger partial charge in [-0.05, 0) is 46.3 Å². The van der Waals surface area contributed by atoms with Gasteiger partial charge in [-0.25, -0.2) is 0 Å². The zero-order valence-corrected chi connectivity index (χ0v) is 13.0. The number of aliphatic hydroxyl groups excluding tert-OH is 1. The quantitative estimate of drug-likeness (QED) is 0.734. The van der Waals surface area contributed by atoms with Crippen LogP contribution in [0.3, 0.4) is 0 Å². The molecule has 2 rings (SSSR count). The smallest absolute Gasteiger partial charge is 0.297 e. The Morgan fingerprint density at radius 2 is 1.95 bits per heavy atom. The zero-order chi connectivity index (χ0) is 15.1. The first-order valence-electron chi connectivity index (χ1n) is 5.41. The Kier molecular flexibility index (Phi) is 4.13. The van der Waals surface area contributed by atoms with E-state index in [9.17, 15) is 23.8 Å². The Morgan fingerprint density at radius 1 is 1.30 bits per heavy atom. The van der Waals surface area contributed by atoms with Crippen molar-refractivity contribution < 1.29 is 23.8 Å². The molecule has 1 aliphatic carbocycles. The Bertz CT molecular complexity index is 639. The maximum absolute atomic E-state index is 13.5. The highest BCUT2D eigenvalue weighted by Crippen LogP contribution is 2.36. The number of hydrogen-bond donors (Lipinski definition) is 2. The molecule has 0 fully saturated rings. The molecule has 1 aromatic rings. The van der Waals surface area contributed by atoms with Gasteiger partial charge < -0.3 is 10.2 Å². The Morgan fingerprint density at radius 3 is 2.50 bits per heavy atom. The molecule has 0 saturated carbocycles. The summed E-state index contributed by atoms with van der Waals surface area (Å²) in [6, 6.07) is 3.95. The number of ketones is 1. The van der Waals surface area contributed by atoms with Gasteiger partial charge in [0.2, 0.25) is 0 Å². The number of phenolic OH excluding ortho intramolecular Hbond substituents is 1. The average Bonchev–Trinajstić information content (AvgIpc) is 2.37. The standard InChI is InChI=1S/C13H8Br2F2O3/c14-8-3-6(1-2-10(8)18)11(19)7-4-9(15)12(20)13(16,17)5-7/h1-5,12,18,20H. The number of halogens is 4. The maximum Gasteiger partial charge on any atom is 0.297 e. The highest BCUT2D eigenvalue weighted by atomic mass is 79.9. The second-order valence-electron chi connectivity index (χ2n) is 4.20. The van der Waals surface area contributed by atoms with E-state index in [0.717, 1.165) is 6.08 Å². The highest BCUT2D eigenvalue weighted by molar-refractivity contribution is 9.11. The molecule has 0 saturated heterocycles. The van der Waals surface area contributed by atoms with Crippen molar-refractivity contribution in [2.75, 3.05) is 0 Å². The first-order chi connectivity index (χ1) is 9.22. The summed E-state index contributed by atoms with van der Waals surface area (Å²) < 4.78 is 27.2. The lowest BCUT2D eigenvalue weighted by Gasteiger charge is -2.24. The lowest BCUT2D eigenvalue weighted by atomic mass is 9.95. The number of carbonyl (C=O) groups excluding carboxylic acids is 1. The number of carbonyl (C=O) groups is 1. The van der Waals surface area contributed by atoms with Gasteiger partial charge >= 0.3 is 0 Å². The van der Waals surface area contributed by atoms with Crippen LogP contribution in [0.15, 0.2) is 44.9 Å². The van der Waals surface area contributed by atoms with Crippen LogP contribution in [0.1, 0.15) is 10.4 Å². The second kappa shape index (κ2) is 5.38. The molecule has 0 amide bonds. The van der Waals surface area contributed by atoms with Crippen LogP contribution in [0.2, 0.25) is 0 Å². The second-order valence-corrected chi connectivity index (χ2v) is 5.97. The van der Waals surface area contributed by atoms with Gasteiger partial charge in [0.05, 0.1) is 4.47 Å². The maximum atomic E-state index is 13.5. The molecule has 20 heavy (non-hydrogen) atoms. The van der Waals surface area contributed by atoms with Crippen molar-refractivity contribution >= 4 is 37.6 Å². The lowest BCUT2D eigenvalue weighted by Crippen LogP contribution is -2.35. The highest BCUT2D eigenvalue weighted by Gasteiger charge is 2.41. The minimum absolute atomic E-state index is 0.0587. The molecule has 106 valence electrons. The SMILES string of the molecule is O=C(C1=CC(F)(F)C(O)C(Br)=C1)c1ccc(O)c(Br)c1. The fourth-order valence-electron chi connectivity index (χ4n) is 1.69. The molecule has 0 bridgehead atoms. The molecule has 1 atom stereocenters. The van der Waals surface area contributed by atoms with Crippen molar-refractivity contribution in [3.05, 3.63) is 50.4 Å². The molecule has 7 heteroatoms. The Labute approximate surface area is 129 Å². The van der Waals surface area contributed by atoms with Crippen LogP contribution >= 0.6 is 31.9 Å². The van der Waals surface area contributed by atoms with Gasteiger partial charge in [0.1, 0.15) is 5.75 Å². The number of Topliss-reactive ketones (excluding diaryl/α,β-unsaturated/α-hetero) is 1. The van der Waals surface area contributed by atoms with Crippen LogP contribution in [-0.2, 0) is 0 Å². The molecule has 1 aromatic carbocycles. The molecule has 0 aromatic heterocycles. The van der Waals surface area contributed by atoms with Crippen molar-refractivity contribution in [3.8, 4) is 5.75 Å². The summed E-state index contributed by atoms with van der Waals surface area (Å²) in [5, 5.41) is 18.6. The summed E-state index contributed by atoms with van der Waals surface area (Å²) in [6.07, 6.45) is -0.401. The molecule has 0 spiro atoms. The Balaban J connectivity index is 2.41. The van der Waals surface area contributed by atoms with Crippen LogP contribution in [0, 0.1) is 0 Å². The molecule has 0 aliphatic heterocycles. The van der Waals surface area contributed by atoms with E-state index in [1.54, 1.807) is 0 Å². The van der Waals surface area contributed by atoms with Crippen molar-refractivity contribution in [3.63, 3.8) is 0 Å². The predicted octanol–water partition coefficient (Wildman–Crippen LogP) is 3.55. The average molecular weight is 410 g/mol. The van der Waals surface area contributed by atoms with Crippen molar-refractivity contribution in [2.45, 2.75) is 12.0 Å². The van der Waals surface area contributed by atoms with Crippen molar-refractivity contribution in [1.29, 1.82) is 0 Å². The van der Waals surface area contributed by atoms with Crippen LogP contribution < -0.4 is 0 Å². The molecule has 0 heterocycles. The predicted molar refractivity (Wildman–Crippen MR) is 76.2 cm³/mol. The number of phenols is 1. The summed E-state index contributed by atoms with van der Waals surface area (Å²) in [5.74, 6) is -4.21. The third-order valence-electron chi connectivity index (χ3n) is 2.74. The number of aromatic hydroxyl groups is 1. The van der Waals surface area contributed by atoms with E-state index in [1.807, 2.05) is 0 Å². The first kappa shape index (κ1) is 15.3. The van der Waals surface area contributed by atoms with E-state index < -0.39 is 17.8 Å². The Hall–Kier alpha value is -1.05. The summed E-state index contributed by atoms with van der Waals surface area (Å²) in [5.41, 5.74) is -0.0885. The van der Waals surface area contributed by atoms with Crippen molar-refractivity contribution in [1.82, 2.24) is 0 Å². The fraction of sp³-hybridized carbons (Fsp3) is 0.154. The minimum Gasteiger partial charge on any atom is -0.507 e. The monoisotopic (exact) mass is 408 g/mol. The molecule has 0 radical (unpaired) electrons. The van der Waals surface area contributed by atoms with Gasteiger partial charge in [-0.3, -0.25) is 4.79 Å². The third kappa shape index (κ3) is 2.84. The summed E-state index contributed by atoms with van der Waals surface area (Å²) in [4.78, 5) is 12.2. The topological polar surface area (TPSA) is 57.5 Å². The van der Waals surface area contributed by atoms with Gasteiger partial charge in [0.25, 0.3) is 5.92 Å². The summed E-state index contributed by atoms with van der Waals surface area (Å²) in [7, 11) is 0. The number of allylic oxidation sites excluding steroid dienone is 2. The number of hydrogen-bond acceptors (Lipinski definition) is 3. The number of benzene rings is 1. The van der Waals surface area contributed by atoms with E-state index in [1.165, 1.54) is 18.2 Å². The number of aliphatic hydroxyl groups is 1. The van der Waals surface area contributed by atoms with Gasteiger partial charge in [-0.2, -0.15) is 8.78 Å². The summed E-state index contributed by atoms with van der Waals surface area (Å²) >= 11 is 5.87. The van der Waals surface area contributed by atoms with E-state index in [-0.39, 0.29) is 25.8 Å². The fourth-order valence-corrected chi connectivity index (χ4v) is 2.62. The summed E-state index contributed by atoms with van der Waals surface area (Å²) in [6.45, 7) is 0. The van der Waals surface area contributed by atoms with E-state index in [2.05, 4.69) is 31.9 Å². The largest absolute Gasteiger partial charge is 0.507 e. The van der Waals surface area contributed by atoms with Crippen LogP contribution in [0.25, 0.3) is 0 Å². The van der Waals surface area contributed by atoms with Gasteiger partial charge in [-0.15, -0.1) is 0 Å². The number of alkyl halides is 2. The van der Waals surface area contributed by atoms with Crippen molar-refractivity contribution in [2.24, 2.45) is 0 Å². The van der Waals surface area contributed by atoms with E-state index in [4.69, 9.17) is 0 Å². The zero-order valence-electron chi connectivity index (χ0n) is 9.78. The molecule has 1 unspecified atom stereocenters. The van der Waals surface area contributed by atoms with Crippen LogP contribution in [0.5, 0.6) is 5.75 Å². The lowest BCUT2D eigenvalue weighted by molar-refractivity contribution is -0.0484. The first-order valence-corrected chi connectivity index (χ1v) is 7.00. The molecule has 1 aliphatic rings. The van der Waals surface area contributed by atoms with Crippen LogP contribution in [0.4, 0.5) is 8.78 Å². The molecule has 3 nitrogen and oxygen atoms in total. The van der Waals surface area contributed by atoms with Crippen LogP contribution in [-0.4, -0.2) is 28.0 Å². The van der Waals surface area contributed by atoms with Gasteiger partial charge in [-0.1, -0.05) is 15.9 Å². The normalized spacial score (nSPS) is 21.1. The molecular weight excluding hydrogens is 402 g/mol.